The monoisotopic (exact) mass is 510 g/mol. The molecule has 0 saturated carbocycles. The van der Waals surface area contributed by atoms with Crippen molar-refractivity contribution in [2.45, 2.75) is 57.1 Å². The Hall–Kier alpha value is -3.08. The summed E-state index contributed by atoms with van der Waals surface area (Å²) in [4.78, 5) is 12.4. The van der Waals surface area contributed by atoms with Crippen molar-refractivity contribution in [1.82, 2.24) is 14.8 Å². The van der Waals surface area contributed by atoms with Crippen molar-refractivity contribution in [3.8, 4) is 5.75 Å². The van der Waals surface area contributed by atoms with Crippen LogP contribution in [0.25, 0.3) is 0 Å². The number of ether oxygens (including phenoxy) is 1. The molecule has 0 unspecified atom stereocenters. The van der Waals surface area contributed by atoms with E-state index in [1.807, 2.05) is 4.57 Å². The molecule has 35 heavy (non-hydrogen) atoms. The van der Waals surface area contributed by atoms with Crippen LogP contribution in [0.1, 0.15) is 44.0 Å². The third kappa shape index (κ3) is 7.98. The number of nitrogens with one attached hydrogen (secondary N) is 1. The maximum Gasteiger partial charge on any atom is 0.416 e. The largest absolute Gasteiger partial charge is 0.483 e. The minimum Gasteiger partial charge on any atom is -0.483 e. The number of aromatic nitrogens is 3. The first-order valence-electron chi connectivity index (χ1n) is 11.2. The average molecular weight is 511 g/mol. The highest BCUT2D eigenvalue weighted by molar-refractivity contribution is 7.99. The molecule has 1 amide bonds. The average Bonchev–Trinajstić information content (AvgIpc) is 3.21. The van der Waals surface area contributed by atoms with Crippen molar-refractivity contribution in [3.63, 3.8) is 0 Å². The van der Waals surface area contributed by atoms with Crippen LogP contribution in [0.4, 0.5) is 23.2 Å². The number of alkyl halides is 3. The van der Waals surface area contributed by atoms with Gasteiger partial charge in [0.1, 0.15) is 6.61 Å². The fraction of sp³-hybridized carbons (Fsp3) is 0.375. The molecular weight excluding hydrogens is 484 g/mol. The standard InChI is InChI=1S/C24H26F4N4O2S/c1-2-3-4-7-13-32-21(15-34-20-12-6-5-11-19(20)25)30-31-23(32)35-16-22(33)29-18-10-8-9-17(14-18)24(26,27)28/h5-6,8-12,14H,2-4,7,13,15-16H2,1H3,(H,29,33). The SMILES string of the molecule is CCCCCCn1c(COc2ccccc2F)nnc1SCC(=O)Nc1cccc(C(F)(F)F)c1. The predicted molar refractivity (Wildman–Crippen MR) is 126 cm³/mol. The van der Waals surface area contributed by atoms with Crippen molar-refractivity contribution in [2.75, 3.05) is 11.1 Å². The third-order valence-electron chi connectivity index (χ3n) is 5.03. The van der Waals surface area contributed by atoms with Gasteiger partial charge >= 0.3 is 6.18 Å². The van der Waals surface area contributed by atoms with E-state index in [1.54, 1.807) is 12.1 Å². The lowest BCUT2D eigenvalue weighted by Crippen LogP contribution is -2.16. The number of nitrogens with zero attached hydrogens (tertiary/aromatic N) is 3. The van der Waals surface area contributed by atoms with Gasteiger partial charge in [-0.1, -0.05) is 56.1 Å². The van der Waals surface area contributed by atoms with Crippen LogP contribution in [0, 0.1) is 5.82 Å². The van der Waals surface area contributed by atoms with Gasteiger partial charge in [0, 0.05) is 12.2 Å². The molecule has 0 radical (unpaired) electrons. The van der Waals surface area contributed by atoms with Gasteiger partial charge in [0.25, 0.3) is 0 Å². The summed E-state index contributed by atoms with van der Waals surface area (Å²) in [6, 6.07) is 10.5. The zero-order valence-corrected chi connectivity index (χ0v) is 20.0. The van der Waals surface area contributed by atoms with Gasteiger partial charge in [0.2, 0.25) is 5.91 Å². The number of halogens is 4. The lowest BCUT2D eigenvalue weighted by molar-refractivity contribution is -0.137. The molecule has 0 aliphatic carbocycles. The van der Waals surface area contributed by atoms with Gasteiger partial charge in [0.05, 0.1) is 11.3 Å². The fourth-order valence-corrected chi connectivity index (χ4v) is 4.04. The molecule has 0 spiro atoms. The number of carbonyl (C=O) groups is 1. The van der Waals surface area contributed by atoms with E-state index in [0.717, 1.165) is 49.6 Å². The van der Waals surface area contributed by atoms with Crippen LogP contribution in [0.15, 0.2) is 53.7 Å². The van der Waals surface area contributed by atoms with Gasteiger partial charge in [-0.25, -0.2) is 4.39 Å². The van der Waals surface area contributed by atoms with Crippen LogP contribution in [-0.4, -0.2) is 26.4 Å². The van der Waals surface area contributed by atoms with Crippen molar-refractivity contribution >= 4 is 23.4 Å². The summed E-state index contributed by atoms with van der Waals surface area (Å²) in [5.41, 5.74) is -0.778. The second kappa shape index (κ2) is 12.6. The number of hydrogen-bond acceptors (Lipinski definition) is 5. The molecule has 1 N–H and O–H groups in total. The summed E-state index contributed by atoms with van der Waals surface area (Å²) in [5.74, 6) is -0.438. The van der Waals surface area contributed by atoms with E-state index in [0.29, 0.717) is 17.5 Å². The number of benzene rings is 2. The van der Waals surface area contributed by atoms with Gasteiger partial charge in [-0.05, 0) is 36.8 Å². The molecule has 1 aromatic heterocycles. The van der Waals surface area contributed by atoms with E-state index in [1.165, 1.54) is 24.3 Å². The maximum absolute atomic E-state index is 13.9. The molecule has 2 aromatic carbocycles. The summed E-state index contributed by atoms with van der Waals surface area (Å²) < 4.78 is 60.0. The molecule has 0 atom stereocenters. The van der Waals surface area contributed by atoms with Gasteiger partial charge in [-0.2, -0.15) is 13.2 Å². The summed E-state index contributed by atoms with van der Waals surface area (Å²) in [7, 11) is 0. The predicted octanol–water partition coefficient (Wildman–Crippen LogP) is 6.33. The van der Waals surface area contributed by atoms with Gasteiger partial charge < -0.3 is 14.6 Å². The summed E-state index contributed by atoms with van der Waals surface area (Å²) >= 11 is 1.12. The molecule has 11 heteroatoms. The minimum absolute atomic E-state index is 0.00129. The van der Waals surface area contributed by atoms with Crippen LogP contribution < -0.4 is 10.1 Å². The van der Waals surface area contributed by atoms with E-state index in [-0.39, 0.29) is 23.8 Å². The first-order chi connectivity index (χ1) is 16.8. The first kappa shape index (κ1) is 26.5. The lowest BCUT2D eigenvalue weighted by Gasteiger charge is -2.12. The molecule has 6 nitrogen and oxygen atoms in total. The van der Waals surface area contributed by atoms with Crippen LogP contribution in [0.2, 0.25) is 0 Å². The molecule has 188 valence electrons. The maximum atomic E-state index is 13.9. The summed E-state index contributed by atoms with van der Waals surface area (Å²) in [6.45, 7) is 2.70. The molecule has 1 heterocycles. The summed E-state index contributed by atoms with van der Waals surface area (Å²) in [6.07, 6.45) is -0.483. The number of amides is 1. The highest BCUT2D eigenvalue weighted by Gasteiger charge is 2.30. The molecule has 3 aromatic rings. The van der Waals surface area contributed by atoms with E-state index in [2.05, 4.69) is 22.4 Å². The van der Waals surface area contributed by atoms with Crippen LogP contribution >= 0.6 is 11.8 Å². The van der Waals surface area contributed by atoms with Gasteiger partial charge in [-0.3, -0.25) is 4.79 Å². The molecule has 0 saturated heterocycles. The Bertz CT molecular complexity index is 1120. The number of rotatable bonds is 12. The number of hydrogen-bond donors (Lipinski definition) is 1. The Balaban J connectivity index is 1.65. The van der Waals surface area contributed by atoms with Gasteiger partial charge in [0.15, 0.2) is 22.5 Å². The van der Waals surface area contributed by atoms with E-state index in [4.69, 9.17) is 4.74 Å². The quantitative estimate of drug-likeness (QED) is 0.175. The van der Waals surface area contributed by atoms with Gasteiger partial charge in [-0.15, -0.1) is 10.2 Å². The van der Waals surface area contributed by atoms with Crippen molar-refractivity contribution in [3.05, 3.63) is 65.7 Å². The Labute approximate surface area is 205 Å². The number of unbranched alkanes of at least 4 members (excludes halogenated alkanes) is 3. The Morgan fingerprint density at radius 1 is 1.09 bits per heavy atom. The zero-order valence-electron chi connectivity index (χ0n) is 19.1. The fourth-order valence-electron chi connectivity index (χ4n) is 3.26. The number of carbonyl (C=O) groups excluding carboxylic acids is 1. The Morgan fingerprint density at radius 2 is 1.89 bits per heavy atom. The molecule has 3 rings (SSSR count). The molecule has 0 fully saturated rings. The van der Waals surface area contributed by atoms with Crippen LogP contribution in [0.3, 0.4) is 0 Å². The Morgan fingerprint density at radius 3 is 2.63 bits per heavy atom. The van der Waals surface area contributed by atoms with E-state index >= 15 is 0 Å². The second-order valence-corrected chi connectivity index (χ2v) is 8.69. The lowest BCUT2D eigenvalue weighted by atomic mass is 10.2. The first-order valence-corrected chi connectivity index (χ1v) is 12.2. The smallest absolute Gasteiger partial charge is 0.416 e. The van der Waals surface area contributed by atoms with Crippen molar-refractivity contribution in [2.24, 2.45) is 0 Å². The highest BCUT2D eigenvalue weighted by atomic mass is 32.2. The minimum atomic E-state index is -4.50. The normalized spacial score (nSPS) is 11.5. The molecule has 0 aliphatic rings. The summed E-state index contributed by atoms with van der Waals surface area (Å²) in [5, 5.41) is 11.3. The molecule has 0 aliphatic heterocycles. The number of anilines is 1. The van der Waals surface area contributed by atoms with Crippen molar-refractivity contribution < 1.29 is 27.1 Å². The zero-order chi connectivity index (χ0) is 25.3. The van der Waals surface area contributed by atoms with Crippen molar-refractivity contribution in [1.29, 1.82) is 0 Å². The molecule has 0 bridgehead atoms. The highest BCUT2D eigenvalue weighted by Crippen LogP contribution is 2.30. The van der Waals surface area contributed by atoms with E-state index < -0.39 is 23.5 Å². The number of thioether (sulfide) groups is 1. The van der Waals surface area contributed by atoms with E-state index in [9.17, 15) is 22.4 Å². The Kier molecular flexibility index (Phi) is 9.53. The second-order valence-electron chi connectivity index (χ2n) is 7.75. The topological polar surface area (TPSA) is 69.0 Å². The molecular formula is C24H26F4N4O2S. The van der Waals surface area contributed by atoms with Crippen LogP contribution in [-0.2, 0) is 24.1 Å². The third-order valence-corrected chi connectivity index (χ3v) is 5.99. The van der Waals surface area contributed by atoms with Crippen LogP contribution in [0.5, 0.6) is 5.75 Å². The number of para-hydroxylation sites is 1.